The molecule has 0 N–H and O–H groups in total. The zero-order valence-electron chi connectivity index (χ0n) is 16.7. The summed E-state index contributed by atoms with van der Waals surface area (Å²) in [6, 6.07) is 4.10. The molecule has 0 saturated carbocycles. The van der Waals surface area contributed by atoms with Gasteiger partial charge in [-0.05, 0) is 44.5 Å². The first-order valence-electron chi connectivity index (χ1n) is 9.76. The van der Waals surface area contributed by atoms with Crippen LogP contribution in [0.15, 0.2) is 32.6 Å². The van der Waals surface area contributed by atoms with Crippen LogP contribution in [0, 0.1) is 13.8 Å². The van der Waals surface area contributed by atoms with Crippen LogP contribution in [0.3, 0.4) is 0 Å². The summed E-state index contributed by atoms with van der Waals surface area (Å²) in [6.45, 7) is 7.75. The van der Waals surface area contributed by atoms with Crippen LogP contribution < -0.4 is 0 Å². The number of thioether (sulfide) groups is 1. The lowest BCUT2D eigenvalue weighted by Gasteiger charge is -2.39. The minimum absolute atomic E-state index is 0.206. The molecule has 3 aliphatic rings. The van der Waals surface area contributed by atoms with Gasteiger partial charge in [0.2, 0.25) is 0 Å². The highest BCUT2D eigenvalue weighted by atomic mass is 32.2. The summed E-state index contributed by atoms with van der Waals surface area (Å²) in [4.78, 5) is 28.5. The van der Waals surface area contributed by atoms with Gasteiger partial charge in [-0.3, -0.25) is 9.78 Å². The summed E-state index contributed by atoms with van der Waals surface area (Å²) in [7, 11) is 0. The first kappa shape index (κ1) is 18.6. The Balaban J connectivity index is 1.33. The number of hydrogen-bond acceptors (Lipinski definition) is 7. The van der Waals surface area contributed by atoms with Crippen molar-refractivity contribution in [2.24, 2.45) is 4.99 Å². The van der Waals surface area contributed by atoms with Gasteiger partial charge in [-0.2, -0.15) is 4.99 Å². The Bertz CT molecular complexity index is 1060. The van der Waals surface area contributed by atoms with Crippen molar-refractivity contribution in [3.63, 3.8) is 0 Å². The first-order valence-corrected chi connectivity index (χ1v) is 10.6. The van der Waals surface area contributed by atoms with E-state index in [0.29, 0.717) is 23.2 Å². The quantitative estimate of drug-likeness (QED) is 0.665. The van der Waals surface area contributed by atoms with E-state index in [4.69, 9.17) is 9.15 Å². The lowest BCUT2D eigenvalue weighted by atomic mass is 9.85. The summed E-state index contributed by atoms with van der Waals surface area (Å²) < 4.78 is 11.9. The smallest absolute Gasteiger partial charge is 0.286 e. The number of allylic oxidation sites excluding steroid dienone is 1. The van der Waals surface area contributed by atoms with Crippen LogP contribution >= 0.6 is 11.8 Å². The second-order valence-corrected chi connectivity index (χ2v) is 8.65. The monoisotopic (exact) mass is 410 g/mol. The Morgan fingerprint density at radius 1 is 1.28 bits per heavy atom. The fourth-order valence-corrected chi connectivity index (χ4v) is 5.38. The number of oxazole rings is 1. The summed E-state index contributed by atoms with van der Waals surface area (Å²) in [5.41, 5.74) is 3.59. The molecule has 0 aromatic carbocycles. The van der Waals surface area contributed by atoms with Gasteiger partial charge >= 0.3 is 0 Å². The molecule has 5 rings (SSSR count). The molecule has 2 aromatic rings. The van der Waals surface area contributed by atoms with Gasteiger partial charge in [-0.15, -0.1) is 0 Å². The molecule has 1 fully saturated rings. The van der Waals surface area contributed by atoms with Gasteiger partial charge in [0.25, 0.3) is 5.91 Å². The number of ether oxygens (including phenoxy) is 1. The van der Waals surface area contributed by atoms with Crippen molar-refractivity contribution in [2.45, 2.75) is 45.8 Å². The maximum Gasteiger partial charge on any atom is 0.286 e. The van der Waals surface area contributed by atoms with E-state index in [1.54, 1.807) is 0 Å². The highest BCUT2D eigenvalue weighted by Crippen LogP contribution is 2.44. The zero-order chi connectivity index (χ0) is 20.2. The van der Waals surface area contributed by atoms with Crippen LogP contribution in [0.5, 0.6) is 0 Å². The van der Waals surface area contributed by atoms with E-state index in [1.807, 2.05) is 33.0 Å². The van der Waals surface area contributed by atoms with Crippen molar-refractivity contribution in [1.82, 2.24) is 14.9 Å². The number of rotatable bonds is 1. The summed E-state index contributed by atoms with van der Waals surface area (Å²) in [5.74, 6) is 1.06. The van der Waals surface area contributed by atoms with Gasteiger partial charge in [-0.1, -0.05) is 6.07 Å². The van der Waals surface area contributed by atoms with E-state index in [1.165, 1.54) is 17.3 Å². The maximum absolute atomic E-state index is 12.6. The normalized spacial score (nSPS) is 22.2. The minimum atomic E-state index is -0.253. The molecule has 7 nitrogen and oxygen atoms in total. The number of fused-ring (bicyclic) bond motifs is 2. The van der Waals surface area contributed by atoms with Gasteiger partial charge in [0.1, 0.15) is 0 Å². The van der Waals surface area contributed by atoms with Gasteiger partial charge in [0.05, 0.1) is 28.5 Å². The highest BCUT2D eigenvalue weighted by Gasteiger charge is 2.44. The molecule has 1 amide bonds. The molecular weight excluding hydrogens is 388 g/mol. The number of pyridine rings is 1. The molecule has 3 aliphatic heterocycles. The van der Waals surface area contributed by atoms with Crippen molar-refractivity contribution < 1.29 is 13.9 Å². The zero-order valence-corrected chi connectivity index (χ0v) is 17.5. The first-order chi connectivity index (χ1) is 14.0. The van der Waals surface area contributed by atoms with Crippen molar-refractivity contribution in [3.05, 3.63) is 51.8 Å². The molecule has 2 aromatic heterocycles. The Kier molecular flexibility index (Phi) is 4.36. The van der Waals surface area contributed by atoms with Crippen LogP contribution in [0.25, 0.3) is 5.57 Å². The third-order valence-corrected chi connectivity index (χ3v) is 7.09. The summed E-state index contributed by atoms with van der Waals surface area (Å²) >= 11 is 1.43. The molecular formula is C21H22N4O3S. The minimum Gasteiger partial charge on any atom is -0.441 e. The number of nitrogens with zero attached hydrogens (tertiary/aromatic N) is 4. The molecule has 5 heterocycles. The van der Waals surface area contributed by atoms with E-state index in [-0.39, 0.29) is 11.5 Å². The lowest BCUT2D eigenvalue weighted by molar-refractivity contribution is -0.113. The van der Waals surface area contributed by atoms with Crippen molar-refractivity contribution in [2.75, 3.05) is 13.1 Å². The van der Waals surface area contributed by atoms with Gasteiger partial charge in [0.15, 0.2) is 16.8 Å². The summed E-state index contributed by atoms with van der Waals surface area (Å²) in [6.07, 6.45) is 3.54. The van der Waals surface area contributed by atoms with Crippen LogP contribution in [0.1, 0.15) is 48.4 Å². The molecule has 0 radical (unpaired) electrons. The summed E-state index contributed by atoms with van der Waals surface area (Å²) in [5, 5.41) is 0.762. The van der Waals surface area contributed by atoms with Crippen molar-refractivity contribution in [3.8, 4) is 0 Å². The number of hydrogen-bond donors (Lipinski definition) is 0. The number of piperidine rings is 1. The van der Waals surface area contributed by atoms with E-state index >= 15 is 0 Å². The molecule has 0 bridgehead atoms. The second kappa shape index (κ2) is 6.81. The van der Waals surface area contributed by atoms with E-state index in [0.717, 1.165) is 48.1 Å². The molecule has 150 valence electrons. The van der Waals surface area contributed by atoms with E-state index in [2.05, 4.69) is 25.9 Å². The molecule has 0 aliphatic carbocycles. The van der Waals surface area contributed by atoms with E-state index in [9.17, 15) is 4.79 Å². The van der Waals surface area contributed by atoms with Crippen LogP contribution in [-0.2, 0) is 21.7 Å². The molecule has 0 atom stereocenters. The topological polar surface area (TPSA) is 80.8 Å². The fourth-order valence-electron chi connectivity index (χ4n) is 4.37. The van der Waals surface area contributed by atoms with Crippen LogP contribution in [0.2, 0.25) is 0 Å². The third-order valence-electron chi connectivity index (χ3n) is 5.88. The number of aryl methyl sites for hydroxylation is 2. The maximum atomic E-state index is 12.6. The van der Waals surface area contributed by atoms with E-state index < -0.39 is 0 Å². The largest absolute Gasteiger partial charge is 0.441 e. The fraction of sp³-hybridized carbons (Fsp3) is 0.429. The average Bonchev–Trinajstić information content (AvgIpc) is 3.38. The average molecular weight is 410 g/mol. The number of amidine groups is 1. The standard InChI is InChI=1S/C21H22N4O3S/c1-12(17-13(2)23-14(3)28-17)18-19(26)24-20(29-18)25-9-6-21(7-10-25)15-5-4-8-22-16(15)11-27-21/h4-5,8H,6-7,9-11H2,1-3H3. The molecule has 8 heteroatoms. The number of carbonyl (C=O) groups is 1. The Labute approximate surface area is 173 Å². The number of aromatic nitrogens is 2. The molecule has 29 heavy (non-hydrogen) atoms. The predicted molar refractivity (Wildman–Crippen MR) is 110 cm³/mol. The van der Waals surface area contributed by atoms with Gasteiger partial charge in [0, 0.05) is 37.3 Å². The predicted octanol–water partition coefficient (Wildman–Crippen LogP) is 3.57. The van der Waals surface area contributed by atoms with Gasteiger partial charge < -0.3 is 14.1 Å². The lowest BCUT2D eigenvalue weighted by Crippen LogP contribution is -2.44. The number of amides is 1. The Hall–Kier alpha value is -2.45. The molecule has 1 spiro atoms. The third kappa shape index (κ3) is 3.02. The SMILES string of the molecule is CC(=C1SC(N2CCC3(CC2)OCc2ncccc23)=NC1=O)c1oc(C)nc1C. The molecule has 1 saturated heterocycles. The Morgan fingerprint density at radius 2 is 2.07 bits per heavy atom. The Morgan fingerprint density at radius 3 is 2.79 bits per heavy atom. The van der Waals surface area contributed by atoms with Gasteiger partial charge in [-0.25, -0.2) is 4.98 Å². The second-order valence-electron chi connectivity index (χ2n) is 7.67. The molecule has 0 unspecified atom stereocenters. The number of aliphatic imine (C=N–C) groups is 1. The number of likely N-dealkylation sites (tertiary alicyclic amines) is 1. The highest BCUT2D eigenvalue weighted by molar-refractivity contribution is 8.18. The van der Waals surface area contributed by atoms with Crippen LogP contribution in [-0.4, -0.2) is 39.0 Å². The number of carbonyl (C=O) groups excluding carboxylic acids is 1. The van der Waals surface area contributed by atoms with Crippen LogP contribution in [0.4, 0.5) is 0 Å². The van der Waals surface area contributed by atoms with Crippen molar-refractivity contribution in [1.29, 1.82) is 0 Å². The van der Waals surface area contributed by atoms with Crippen molar-refractivity contribution >= 4 is 28.4 Å².